The highest BCUT2D eigenvalue weighted by Gasteiger charge is 2.21. The fraction of sp³-hybridized carbons (Fsp3) is 0.364. The third-order valence-electron chi connectivity index (χ3n) is 5.44. The maximum absolute atomic E-state index is 12.8. The molecule has 0 amide bonds. The number of methoxy groups -OCH3 is 1. The molecule has 0 aliphatic carbocycles. The maximum atomic E-state index is 12.8. The van der Waals surface area contributed by atoms with Crippen LogP contribution >= 0.6 is 11.3 Å². The first-order valence-electron chi connectivity index (χ1n) is 9.59. The lowest BCUT2D eigenvalue weighted by atomic mass is 10.0. The monoisotopic (exact) mass is 412 g/mol. The smallest absolute Gasteiger partial charge is 0.259 e. The van der Waals surface area contributed by atoms with E-state index in [2.05, 4.69) is 11.8 Å². The fourth-order valence-electron chi connectivity index (χ4n) is 3.76. The summed E-state index contributed by atoms with van der Waals surface area (Å²) in [5.41, 5.74) is 2.38. The highest BCUT2D eigenvalue weighted by Crippen LogP contribution is 2.36. The molecular formula is C22H24N2O4S. The van der Waals surface area contributed by atoms with Gasteiger partial charge in [-0.2, -0.15) is 0 Å². The molecule has 0 spiro atoms. The molecule has 6 nitrogen and oxygen atoms in total. The van der Waals surface area contributed by atoms with Gasteiger partial charge in [0.1, 0.15) is 5.75 Å². The highest BCUT2D eigenvalue weighted by molar-refractivity contribution is 7.19. The van der Waals surface area contributed by atoms with E-state index in [0.29, 0.717) is 17.4 Å². The Labute approximate surface area is 173 Å². The van der Waals surface area contributed by atoms with Crippen molar-refractivity contribution in [3.63, 3.8) is 0 Å². The van der Waals surface area contributed by atoms with Gasteiger partial charge in [0.05, 0.1) is 31.3 Å². The van der Waals surface area contributed by atoms with E-state index in [1.165, 1.54) is 0 Å². The lowest BCUT2D eigenvalue weighted by molar-refractivity contribution is -0.00390. The minimum absolute atomic E-state index is 0.00208. The number of aromatic nitrogens is 1. The van der Waals surface area contributed by atoms with E-state index in [1.807, 2.05) is 24.4 Å². The molecule has 0 N–H and O–H groups in total. The third-order valence-corrected chi connectivity index (χ3v) is 6.59. The molecule has 4 rings (SSSR count). The molecule has 1 saturated heterocycles. The molecule has 0 saturated carbocycles. The summed E-state index contributed by atoms with van der Waals surface area (Å²) in [5.74, 6) is 0.526. The number of nitrogens with zero attached hydrogens (tertiary/aromatic N) is 2. The summed E-state index contributed by atoms with van der Waals surface area (Å²) in [4.78, 5) is 27.5. The second kappa shape index (κ2) is 8.10. The Morgan fingerprint density at radius 2 is 2.17 bits per heavy atom. The zero-order valence-corrected chi connectivity index (χ0v) is 17.6. The van der Waals surface area contributed by atoms with Crippen LogP contribution in [0.4, 0.5) is 0 Å². The van der Waals surface area contributed by atoms with Gasteiger partial charge in [0.25, 0.3) is 5.56 Å². The van der Waals surface area contributed by atoms with Gasteiger partial charge in [-0.15, -0.1) is 11.3 Å². The number of carbonyl (C=O) groups excluding carboxylic acids is 1. The van der Waals surface area contributed by atoms with Gasteiger partial charge in [0, 0.05) is 47.5 Å². The Morgan fingerprint density at radius 1 is 1.34 bits per heavy atom. The summed E-state index contributed by atoms with van der Waals surface area (Å²) in [6.45, 7) is 5.34. The van der Waals surface area contributed by atoms with E-state index in [-0.39, 0.29) is 5.56 Å². The Hall–Kier alpha value is -2.48. The Bertz CT molecular complexity index is 1120. The number of aryl methyl sites for hydroxylation is 1. The van der Waals surface area contributed by atoms with Crippen molar-refractivity contribution in [3.05, 3.63) is 51.3 Å². The van der Waals surface area contributed by atoms with Gasteiger partial charge in [-0.1, -0.05) is 6.07 Å². The van der Waals surface area contributed by atoms with Gasteiger partial charge < -0.3 is 14.0 Å². The van der Waals surface area contributed by atoms with Gasteiger partial charge in [-0.05, 0) is 30.7 Å². The molecule has 1 aliphatic rings. The molecular weight excluding hydrogens is 388 g/mol. The first-order chi connectivity index (χ1) is 14.0. The average Bonchev–Trinajstić information content (AvgIpc) is 3.16. The molecule has 7 heteroatoms. The zero-order valence-electron chi connectivity index (χ0n) is 16.8. The van der Waals surface area contributed by atoms with Crippen LogP contribution < -0.4 is 10.3 Å². The predicted molar refractivity (Wildman–Crippen MR) is 115 cm³/mol. The molecule has 0 bridgehead atoms. The number of thiophene rings is 1. The van der Waals surface area contributed by atoms with Crippen molar-refractivity contribution in [1.29, 1.82) is 0 Å². The van der Waals surface area contributed by atoms with Crippen molar-refractivity contribution in [1.82, 2.24) is 9.47 Å². The predicted octanol–water partition coefficient (Wildman–Crippen LogP) is 3.31. The number of morpholine rings is 1. The van der Waals surface area contributed by atoms with E-state index in [0.717, 1.165) is 58.7 Å². The second-order valence-corrected chi connectivity index (χ2v) is 8.52. The molecule has 1 aromatic carbocycles. The summed E-state index contributed by atoms with van der Waals surface area (Å²) < 4.78 is 13.5. The molecule has 1 aliphatic heterocycles. The van der Waals surface area contributed by atoms with Crippen molar-refractivity contribution in [2.75, 3.05) is 26.9 Å². The van der Waals surface area contributed by atoms with Crippen LogP contribution in [-0.2, 0) is 18.3 Å². The maximum Gasteiger partial charge on any atom is 0.259 e. The number of hydrogen-bond acceptors (Lipinski definition) is 6. The van der Waals surface area contributed by atoms with E-state index < -0.39 is 0 Å². The van der Waals surface area contributed by atoms with Crippen LogP contribution in [0.3, 0.4) is 0 Å². The zero-order chi connectivity index (χ0) is 20.5. The number of rotatable bonds is 5. The van der Waals surface area contributed by atoms with Crippen molar-refractivity contribution in [2.24, 2.45) is 7.05 Å². The summed E-state index contributed by atoms with van der Waals surface area (Å²) in [5, 5.41) is 0.726. The number of hydrogen-bond donors (Lipinski definition) is 0. The first-order valence-corrected chi connectivity index (χ1v) is 10.4. The van der Waals surface area contributed by atoms with E-state index in [4.69, 9.17) is 9.47 Å². The van der Waals surface area contributed by atoms with Gasteiger partial charge in [-0.3, -0.25) is 14.5 Å². The molecule has 1 fully saturated rings. The average molecular weight is 413 g/mol. The summed E-state index contributed by atoms with van der Waals surface area (Å²) in [6.07, 6.45) is 2.64. The molecule has 3 heterocycles. The Balaban J connectivity index is 1.80. The van der Waals surface area contributed by atoms with E-state index in [9.17, 15) is 9.59 Å². The number of ether oxygens (including phenoxy) is 2. The minimum atomic E-state index is -0.00208. The molecule has 29 heavy (non-hydrogen) atoms. The Kier molecular flexibility index (Phi) is 5.54. The quantitative estimate of drug-likeness (QED) is 0.602. The fourth-order valence-corrected chi connectivity index (χ4v) is 4.96. The second-order valence-electron chi connectivity index (χ2n) is 7.38. The van der Waals surface area contributed by atoms with Crippen LogP contribution in [0.25, 0.3) is 21.2 Å². The van der Waals surface area contributed by atoms with E-state index in [1.54, 1.807) is 36.1 Å². The van der Waals surface area contributed by atoms with Crippen molar-refractivity contribution in [2.45, 2.75) is 19.5 Å². The van der Waals surface area contributed by atoms with Gasteiger partial charge in [0.15, 0.2) is 6.29 Å². The lowest BCUT2D eigenvalue weighted by Gasteiger charge is -2.32. The molecule has 2 aromatic heterocycles. The minimum Gasteiger partial charge on any atom is -0.496 e. The molecule has 1 atom stereocenters. The molecule has 3 aromatic rings. The molecule has 152 valence electrons. The normalized spacial score (nSPS) is 17.6. The van der Waals surface area contributed by atoms with Gasteiger partial charge in [0.2, 0.25) is 0 Å². The highest BCUT2D eigenvalue weighted by atomic mass is 32.1. The molecule has 0 unspecified atom stereocenters. The summed E-state index contributed by atoms with van der Waals surface area (Å²) >= 11 is 1.65. The SMILES string of the molecule is COc1cc(-c2cn(C)c(=O)c3cc(CN4CCOC[C@H]4C)sc23)ccc1C=O. The number of aldehydes is 1. The standard InChI is InChI=1S/C22H24N2O4S/c1-14-13-28-7-6-24(14)10-17-9-18-21(29-17)19(11-23(2)22(18)26)15-4-5-16(12-25)20(8-15)27-3/h4-5,8-9,11-12,14H,6-7,10,13H2,1-3H3/t14-/m1/s1. The molecule has 0 radical (unpaired) electrons. The topological polar surface area (TPSA) is 60.8 Å². The van der Waals surface area contributed by atoms with Crippen LogP contribution in [0.2, 0.25) is 0 Å². The largest absolute Gasteiger partial charge is 0.496 e. The van der Waals surface area contributed by atoms with Crippen LogP contribution in [0.5, 0.6) is 5.75 Å². The van der Waals surface area contributed by atoms with Gasteiger partial charge in [-0.25, -0.2) is 0 Å². The van der Waals surface area contributed by atoms with Crippen molar-refractivity contribution >= 4 is 27.7 Å². The van der Waals surface area contributed by atoms with Crippen LogP contribution in [0, 0.1) is 0 Å². The number of benzene rings is 1. The first kappa shape index (κ1) is 19.8. The van der Waals surface area contributed by atoms with Gasteiger partial charge >= 0.3 is 0 Å². The van der Waals surface area contributed by atoms with Crippen LogP contribution in [0.15, 0.2) is 35.3 Å². The van der Waals surface area contributed by atoms with Crippen LogP contribution in [0.1, 0.15) is 22.2 Å². The Morgan fingerprint density at radius 3 is 2.90 bits per heavy atom. The number of carbonyl (C=O) groups is 1. The van der Waals surface area contributed by atoms with Crippen molar-refractivity contribution in [3.8, 4) is 16.9 Å². The lowest BCUT2D eigenvalue weighted by Crippen LogP contribution is -2.42. The van der Waals surface area contributed by atoms with Crippen LogP contribution in [-0.4, -0.2) is 48.7 Å². The van der Waals surface area contributed by atoms with E-state index >= 15 is 0 Å². The third kappa shape index (κ3) is 3.73. The summed E-state index contributed by atoms with van der Waals surface area (Å²) in [7, 11) is 3.32. The van der Waals surface area contributed by atoms with Crippen molar-refractivity contribution < 1.29 is 14.3 Å². The number of pyridine rings is 1. The summed E-state index contributed by atoms with van der Waals surface area (Å²) in [6, 6.07) is 7.88. The number of fused-ring (bicyclic) bond motifs is 1.